The number of benzene rings is 1. The molecule has 0 unspecified atom stereocenters. The Kier molecular flexibility index (Phi) is 2.79. The summed E-state index contributed by atoms with van der Waals surface area (Å²) in [5, 5.41) is 16.7. The quantitative estimate of drug-likeness (QED) is 0.625. The fourth-order valence-corrected chi connectivity index (χ4v) is 2.65. The SMILES string of the molecule is c1ccc(Nc2nn3c(-c4cnccn4)nnc3s2)cc1. The highest BCUT2D eigenvalue weighted by molar-refractivity contribution is 7.20. The van der Waals surface area contributed by atoms with Gasteiger partial charge in [-0.3, -0.25) is 4.98 Å². The third-order valence-electron chi connectivity index (χ3n) is 2.81. The van der Waals surface area contributed by atoms with E-state index in [1.165, 1.54) is 11.3 Å². The second kappa shape index (κ2) is 4.91. The second-order valence-electron chi connectivity index (χ2n) is 4.21. The number of fused-ring (bicyclic) bond motifs is 1. The van der Waals surface area contributed by atoms with E-state index in [1.807, 2.05) is 30.3 Å². The van der Waals surface area contributed by atoms with Gasteiger partial charge in [0.2, 0.25) is 15.9 Å². The largest absolute Gasteiger partial charge is 0.330 e. The molecule has 0 amide bonds. The third kappa shape index (κ3) is 2.21. The summed E-state index contributed by atoms with van der Waals surface area (Å²) in [6.45, 7) is 0. The Morgan fingerprint density at radius 1 is 1.05 bits per heavy atom. The molecule has 8 heteroatoms. The lowest BCUT2D eigenvalue weighted by molar-refractivity contribution is 0.957. The van der Waals surface area contributed by atoms with Crippen LogP contribution in [-0.4, -0.2) is 29.8 Å². The summed E-state index contributed by atoms with van der Waals surface area (Å²) in [4.78, 5) is 8.96. The summed E-state index contributed by atoms with van der Waals surface area (Å²) in [7, 11) is 0. The Bertz CT molecular complexity index is 869. The van der Waals surface area contributed by atoms with Crippen LogP contribution in [0.2, 0.25) is 0 Å². The molecule has 0 saturated heterocycles. The van der Waals surface area contributed by atoms with Gasteiger partial charge in [-0.25, -0.2) is 4.98 Å². The number of aromatic nitrogens is 6. The van der Waals surface area contributed by atoms with E-state index >= 15 is 0 Å². The van der Waals surface area contributed by atoms with E-state index in [2.05, 4.69) is 30.6 Å². The molecule has 4 aromatic rings. The molecule has 102 valence electrons. The van der Waals surface area contributed by atoms with E-state index in [4.69, 9.17) is 0 Å². The molecule has 0 radical (unpaired) electrons. The van der Waals surface area contributed by atoms with Gasteiger partial charge >= 0.3 is 0 Å². The number of nitrogens with one attached hydrogen (secondary N) is 1. The van der Waals surface area contributed by atoms with Crippen LogP contribution >= 0.6 is 11.3 Å². The van der Waals surface area contributed by atoms with Crippen molar-refractivity contribution in [1.82, 2.24) is 29.8 Å². The fraction of sp³-hybridized carbons (Fsp3) is 0. The van der Waals surface area contributed by atoms with Gasteiger partial charge in [0.25, 0.3) is 0 Å². The molecule has 0 fully saturated rings. The van der Waals surface area contributed by atoms with Crippen molar-refractivity contribution in [3.63, 3.8) is 0 Å². The van der Waals surface area contributed by atoms with Gasteiger partial charge in [0.05, 0.1) is 6.20 Å². The number of hydrogen-bond acceptors (Lipinski definition) is 7. The monoisotopic (exact) mass is 295 g/mol. The van der Waals surface area contributed by atoms with Crippen LogP contribution in [0.15, 0.2) is 48.9 Å². The second-order valence-corrected chi connectivity index (χ2v) is 5.16. The van der Waals surface area contributed by atoms with Crippen LogP contribution < -0.4 is 5.32 Å². The van der Waals surface area contributed by atoms with Crippen molar-refractivity contribution in [3.8, 4) is 11.5 Å². The zero-order chi connectivity index (χ0) is 14.1. The fourth-order valence-electron chi connectivity index (χ4n) is 1.89. The van der Waals surface area contributed by atoms with Gasteiger partial charge in [0, 0.05) is 18.1 Å². The first kappa shape index (κ1) is 11.9. The lowest BCUT2D eigenvalue weighted by atomic mass is 10.3. The number of nitrogens with zero attached hydrogens (tertiary/aromatic N) is 6. The Morgan fingerprint density at radius 3 is 2.76 bits per heavy atom. The molecule has 7 nitrogen and oxygen atoms in total. The molecule has 3 aromatic heterocycles. The van der Waals surface area contributed by atoms with Gasteiger partial charge in [0.1, 0.15) is 5.69 Å². The highest BCUT2D eigenvalue weighted by atomic mass is 32.1. The molecular formula is C13H9N7S. The molecule has 0 bridgehead atoms. The Balaban J connectivity index is 1.73. The molecule has 0 atom stereocenters. The van der Waals surface area contributed by atoms with Crippen LogP contribution in [0.5, 0.6) is 0 Å². The van der Waals surface area contributed by atoms with Crippen molar-refractivity contribution in [1.29, 1.82) is 0 Å². The first-order chi connectivity index (χ1) is 10.4. The first-order valence-electron chi connectivity index (χ1n) is 6.21. The molecular weight excluding hydrogens is 286 g/mol. The summed E-state index contributed by atoms with van der Waals surface area (Å²) >= 11 is 1.43. The van der Waals surface area contributed by atoms with Crippen LogP contribution in [0.1, 0.15) is 0 Å². The summed E-state index contributed by atoms with van der Waals surface area (Å²) in [5.41, 5.74) is 1.62. The molecule has 0 aliphatic rings. The molecule has 0 aliphatic heterocycles. The number of anilines is 2. The van der Waals surface area contributed by atoms with E-state index in [1.54, 1.807) is 23.1 Å². The Labute approximate surface area is 123 Å². The zero-order valence-electron chi connectivity index (χ0n) is 10.7. The molecule has 1 aromatic carbocycles. The normalized spacial score (nSPS) is 10.9. The molecule has 4 rings (SSSR count). The minimum atomic E-state index is 0.579. The molecule has 0 spiro atoms. The van der Waals surface area contributed by atoms with Gasteiger partial charge in [-0.2, -0.15) is 4.52 Å². The zero-order valence-corrected chi connectivity index (χ0v) is 11.5. The van der Waals surface area contributed by atoms with Crippen molar-refractivity contribution >= 4 is 27.1 Å². The predicted molar refractivity (Wildman–Crippen MR) is 79.4 cm³/mol. The molecule has 0 aliphatic carbocycles. The van der Waals surface area contributed by atoms with Crippen molar-refractivity contribution < 1.29 is 0 Å². The van der Waals surface area contributed by atoms with Gasteiger partial charge in [-0.15, -0.1) is 15.3 Å². The highest BCUT2D eigenvalue weighted by Crippen LogP contribution is 2.25. The van der Waals surface area contributed by atoms with Gasteiger partial charge in [0.15, 0.2) is 0 Å². The standard InChI is InChI=1S/C13H9N7S/c1-2-4-9(5-3-1)16-12-19-20-11(17-18-13(20)21-12)10-8-14-6-7-15-10/h1-8H,(H,16,19). The van der Waals surface area contributed by atoms with Gasteiger partial charge < -0.3 is 5.32 Å². The van der Waals surface area contributed by atoms with Crippen LogP contribution in [0, 0.1) is 0 Å². The van der Waals surface area contributed by atoms with E-state index in [-0.39, 0.29) is 0 Å². The molecule has 1 N–H and O–H groups in total. The maximum absolute atomic E-state index is 4.48. The van der Waals surface area contributed by atoms with E-state index in [0.717, 1.165) is 10.8 Å². The van der Waals surface area contributed by atoms with Crippen LogP contribution in [0.3, 0.4) is 0 Å². The van der Waals surface area contributed by atoms with Crippen molar-refractivity contribution in [3.05, 3.63) is 48.9 Å². The third-order valence-corrected chi connectivity index (χ3v) is 3.62. The maximum Gasteiger partial charge on any atom is 0.236 e. The van der Waals surface area contributed by atoms with Crippen molar-refractivity contribution in [2.45, 2.75) is 0 Å². The molecule has 0 saturated carbocycles. The summed E-state index contributed by atoms with van der Waals surface area (Å²) < 4.78 is 1.67. The Morgan fingerprint density at radius 2 is 1.95 bits per heavy atom. The summed E-state index contributed by atoms with van der Waals surface area (Å²) in [5.74, 6) is 0.579. The number of rotatable bonds is 3. The van der Waals surface area contributed by atoms with E-state index < -0.39 is 0 Å². The minimum Gasteiger partial charge on any atom is -0.330 e. The molecule has 21 heavy (non-hydrogen) atoms. The van der Waals surface area contributed by atoms with Gasteiger partial charge in [-0.1, -0.05) is 29.5 Å². The first-order valence-corrected chi connectivity index (χ1v) is 7.02. The summed E-state index contributed by atoms with van der Waals surface area (Å²) in [6.07, 6.45) is 4.87. The number of hydrogen-bond donors (Lipinski definition) is 1. The van der Waals surface area contributed by atoms with E-state index in [9.17, 15) is 0 Å². The van der Waals surface area contributed by atoms with Gasteiger partial charge in [-0.05, 0) is 12.1 Å². The molecule has 3 heterocycles. The van der Waals surface area contributed by atoms with Crippen molar-refractivity contribution in [2.24, 2.45) is 0 Å². The highest BCUT2D eigenvalue weighted by Gasteiger charge is 2.14. The average Bonchev–Trinajstić information content (AvgIpc) is 3.09. The summed E-state index contributed by atoms with van der Waals surface area (Å²) in [6, 6.07) is 9.86. The lowest BCUT2D eigenvalue weighted by Gasteiger charge is -2.00. The van der Waals surface area contributed by atoms with E-state index in [0.29, 0.717) is 16.5 Å². The Hall–Kier alpha value is -2.87. The number of para-hydroxylation sites is 1. The maximum atomic E-state index is 4.48. The van der Waals surface area contributed by atoms with Crippen LogP contribution in [0.25, 0.3) is 16.5 Å². The predicted octanol–water partition coefficient (Wildman–Crippen LogP) is 2.39. The topological polar surface area (TPSA) is 80.9 Å². The van der Waals surface area contributed by atoms with Crippen LogP contribution in [0.4, 0.5) is 10.8 Å². The minimum absolute atomic E-state index is 0.579. The smallest absolute Gasteiger partial charge is 0.236 e. The van der Waals surface area contributed by atoms with Crippen LogP contribution in [-0.2, 0) is 0 Å². The van der Waals surface area contributed by atoms with Crippen molar-refractivity contribution in [2.75, 3.05) is 5.32 Å². The lowest BCUT2D eigenvalue weighted by Crippen LogP contribution is -1.95. The average molecular weight is 295 g/mol.